The molecule has 0 radical (unpaired) electrons. The Bertz CT molecular complexity index is 2060. The standard InChI is InChI=1S/C30H23ClN6O2S.C2HF3O2/c31-19-12-18-4-11-36(17-30(16-32)5-9-33-10-6-30)26(18)23(13-19)21-3-8-34-24-14-20(40-27(21)24)15-37-28(38)22-2-1-7-35-25(22)29(37)39;3-2(4,5)1(6)7/h1-4,7-8,11-14,33H,5-6,9-10,15,17H2;(H,6,7). The number of hydrogen-bond acceptors (Lipinski definition) is 8. The molecule has 2 N–H and O–H groups in total. The summed E-state index contributed by atoms with van der Waals surface area (Å²) in [7, 11) is 0. The maximum Gasteiger partial charge on any atom is 0.490 e. The number of imide groups is 1. The second-order valence-electron chi connectivity index (χ2n) is 11.2. The van der Waals surface area contributed by atoms with E-state index in [0.717, 1.165) is 63.1 Å². The number of carbonyl (C=O) groups is 3. The number of piperidine rings is 1. The van der Waals surface area contributed by atoms with Gasteiger partial charge in [0.2, 0.25) is 0 Å². The number of rotatable bonds is 5. The number of benzene rings is 1. The van der Waals surface area contributed by atoms with E-state index in [9.17, 15) is 28.0 Å². The Kier molecular flexibility index (Phi) is 8.47. The first kappa shape index (κ1) is 32.1. The predicted octanol–water partition coefficient (Wildman–Crippen LogP) is 6.29. The zero-order valence-electron chi connectivity index (χ0n) is 24.3. The molecule has 1 aromatic carbocycles. The minimum atomic E-state index is -5.08. The average Bonchev–Trinajstić information content (AvgIpc) is 3.72. The first-order valence-electron chi connectivity index (χ1n) is 14.3. The smallest absolute Gasteiger partial charge is 0.475 e. The number of pyridine rings is 2. The van der Waals surface area contributed by atoms with E-state index in [1.807, 2.05) is 36.5 Å². The van der Waals surface area contributed by atoms with E-state index in [1.54, 1.807) is 18.3 Å². The molecule has 2 aliphatic rings. The number of aromatic nitrogens is 3. The Morgan fingerprint density at radius 2 is 1.81 bits per heavy atom. The normalized spacial score (nSPS) is 15.8. The molecule has 0 spiro atoms. The maximum atomic E-state index is 12.9. The largest absolute Gasteiger partial charge is 0.490 e. The van der Waals surface area contributed by atoms with Crippen LogP contribution in [0.1, 0.15) is 38.6 Å². The van der Waals surface area contributed by atoms with Gasteiger partial charge < -0.3 is 15.0 Å². The van der Waals surface area contributed by atoms with Gasteiger partial charge in [-0.05, 0) is 68.4 Å². The molecule has 5 aromatic rings. The highest BCUT2D eigenvalue weighted by Gasteiger charge is 2.39. The van der Waals surface area contributed by atoms with Gasteiger partial charge in [0.1, 0.15) is 5.69 Å². The van der Waals surface area contributed by atoms with Crippen molar-refractivity contribution in [2.75, 3.05) is 13.1 Å². The van der Waals surface area contributed by atoms with Crippen molar-refractivity contribution < 1.29 is 32.7 Å². The number of nitriles is 1. The van der Waals surface area contributed by atoms with Gasteiger partial charge in [-0.1, -0.05) is 11.6 Å². The number of carbonyl (C=O) groups excluding carboxylic acids is 2. The van der Waals surface area contributed by atoms with Gasteiger partial charge in [0, 0.05) is 51.5 Å². The summed E-state index contributed by atoms with van der Waals surface area (Å²) in [4.78, 5) is 45.5. The highest BCUT2D eigenvalue weighted by Crippen LogP contribution is 2.41. The second kappa shape index (κ2) is 12.4. The van der Waals surface area contributed by atoms with Crippen molar-refractivity contribution in [2.24, 2.45) is 5.41 Å². The molecule has 4 aromatic heterocycles. The summed E-state index contributed by atoms with van der Waals surface area (Å²) in [5.41, 5.74) is 3.82. The molecular weight excluding hydrogens is 657 g/mol. The lowest BCUT2D eigenvalue weighted by molar-refractivity contribution is -0.192. The highest BCUT2D eigenvalue weighted by atomic mass is 35.5. The summed E-state index contributed by atoms with van der Waals surface area (Å²) in [6, 6.07) is 15.8. The SMILES string of the molecule is N#CC1(Cn2ccc3cc(Cl)cc(-c4ccnc5cc(CN6C(=O)c7cccnc7C6=O)sc45)c32)CCNCC1.O=C(O)C(F)(F)F. The van der Waals surface area contributed by atoms with Crippen LogP contribution in [0.25, 0.3) is 32.2 Å². The maximum absolute atomic E-state index is 12.9. The third-order valence-corrected chi connectivity index (χ3v) is 9.50. The molecule has 6 heterocycles. The molecule has 2 aliphatic heterocycles. The van der Waals surface area contributed by atoms with E-state index < -0.39 is 17.6 Å². The van der Waals surface area contributed by atoms with Gasteiger partial charge in [-0.3, -0.25) is 24.5 Å². The molecule has 0 atom stereocenters. The van der Waals surface area contributed by atoms with Crippen LogP contribution in [0.3, 0.4) is 0 Å². The molecular formula is C32H24ClF3N6O4S. The molecule has 1 fully saturated rings. The number of nitrogens with zero attached hydrogens (tertiary/aromatic N) is 5. The summed E-state index contributed by atoms with van der Waals surface area (Å²) in [6.45, 7) is 2.41. The number of amides is 2. The summed E-state index contributed by atoms with van der Waals surface area (Å²) in [5, 5.41) is 22.2. The number of carboxylic acid groups (broad SMARTS) is 1. The van der Waals surface area contributed by atoms with Crippen molar-refractivity contribution in [1.29, 1.82) is 5.26 Å². The summed E-state index contributed by atoms with van der Waals surface area (Å²) >= 11 is 8.11. The Balaban J connectivity index is 0.000000499. The highest BCUT2D eigenvalue weighted by molar-refractivity contribution is 7.19. The number of aliphatic carboxylic acids is 1. The van der Waals surface area contributed by atoms with E-state index in [0.29, 0.717) is 17.1 Å². The van der Waals surface area contributed by atoms with Crippen molar-refractivity contribution >= 4 is 61.8 Å². The van der Waals surface area contributed by atoms with Crippen molar-refractivity contribution in [3.63, 3.8) is 0 Å². The topological polar surface area (TPSA) is 141 Å². The van der Waals surface area contributed by atoms with Crippen LogP contribution in [0.4, 0.5) is 13.2 Å². The quantitative estimate of drug-likeness (QED) is 0.206. The van der Waals surface area contributed by atoms with E-state index in [4.69, 9.17) is 21.5 Å². The van der Waals surface area contributed by atoms with E-state index in [2.05, 4.69) is 25.9 Å². The molecule has 0 aliphatic carbocycles. The molecule has 15 heteroatoms. The lowest BCUT2D eigenvalue weighted by atomic mass is 9.80. The third-order valence-electron chi connectivity index (χ3n) is 8.14. The first-order chi connectivity index (χ1) is 22.4. The van der Waals surface area contributed by atoms with Crippen molar-refractivity contribution in [3.8, 4) is 17.2 Å². The van der Waals surface area contributed by atoms with Gasteiger partial charge in [-0.2, -0.15) is 18.4 Å². The lowest BCUT2D eigenvalue weighted by Gasteiger charge is -2.32. The number of fused-ring (bicyclic) bond motifs is 3. The fraction of sp³-hybridized carbons (Fsp3) is 0.250. The van der Waals surface area contributed by atoms with E-state index in [-0.39, 0.29) is 24.1 Å². The lowest BCUT2D eigenvalue weighted by Crippen LogP contribution is -2.38. The molecule has 0 bridgehead atoms. The molecule has 240 valence electrons. The Morgan fingerprint density at radius 3 is 2.49 bits per heavy atom. The molecule has 0 unspecified atom stereocenters. The van der Waals surface area contributed by atoms with Crippen LogP contribution in [-0.4, -0.2) is 61.6 Å². The summed E-state index contributed by atoms with van der Waals surface area (Å²) < 4.78 is 34.9. The van der Waals surface area contributed by atoms with Crippen molar-refractivity contribution in [1.82, 2.24) is 24.8 Å². The van der Waals surface area contributed by atoms with Gasteiger partial charge in [0.15, 0.2) is 0 Å². The molecule has 0 saturated carbocycles. The van der Waals surface area contributed by atoms with Gasteiger partial charge in [-0.25, -0.2) is 4.79 Å². The molecule has 2 amide bonds. The Morgan fingerprint density at radius 1 is 1.06 bits per heavy atom. The fourth-order valence-electron chi connectivity index (χ4n) is 5.88. The second-order valence-corrected chi connectivity index (χ2v) is 12.7. The average molecular weight is 681 g/mol. The summed E-state index contributed by atoms with van der Waals surface area (Å²) in [5.74, 6) is -3.48. The molecule has 7 rings (SSSR count). The van der Waals surface area contributed by atoms with E-state index >= 15 is 0 Å². The Hall–Kier alpha value is -4.84. The van der Waals surface area contributed by atoms with E-state index in [1.165, 1.54) is 22.4 Å². The molecule has 10 nitrogen and oxygen atoms in total. The van der Waals surface area contributed by atoms with Crippen LogP contribution in [0.15, 0.2) is 61.1 Å². The van der Waals surface area contributed by atoms with Crippen LogP contribution in [-0.2, 0) is 17.9 Å². The number of hydrogen-bond donors (Lipinski definition) is 2. The van der Waals surface area contributed by atoms with Gasteiger partial charge >= 0.3 is 12.1 Å². The molecule has 1 saturated heterocycles. The van der Waals surface area contributed by atoms with Crippen LogP contribution in [0.2, 0.25) is 5.02 Å². The van der Waals surface area contributed by atoms with Gasteiger partial charge in [-0.15, -0.1) is 11.3 Å². The monoisotopic (exact) mass is 680 g/mol. The number of alkyl halides is 3. The minimum absolute atomic E-state index is 0.147. The number of nitrogens with one attached hydrogen (secondary N) is 1. The van der Waals surface area contributed by atoms with Crippen molar-refractivity contribution in [2.45, 2.75) is 32.1 Å². The summed E-state index contributed by atoms with van der Waals surface area (Å²) in [6.07, 6.45) is 1.85. The fourth-order valence-corrected chi connectivity index (χ4v) is 7.23. The zero-order chi connectivity index (χ0) is 33.5. The van der Waals surface area contributed by atoms with Crippen LogP contribution in [0, 0.1) is 16.7 Å². The van der Waals surface area contributed by atoms with Gasteiger partial charge in [0.05, 0.1) is 39.3 Å². The third kappa shape index (κ3) is 6.17. The van der Waals surface area contributed by atoms with Crippen LogP contribution in [0.5, 0.6) is 0 Å². The first-order valence-corrected chi connectivity index (χ1v) is 15.5. The minimum Gasteiger partial charge on any atom is -0.475 e. The number of carboxylic acids is 1. The zero-order valence-corrected chi connectivity index (χ0v) is 25.9. The Labute approximate surface area is 274 Å². The number of thiophene rings is 1. The van der Waals surface area contributed by atoms with Crippen LogP contribution < -0.4 is 5.32 Å². The molecule has 47 heavy (non-hydrogen) atoms. The van der Waals surface area contributed by atoms with Gasteiger partial charge in [0.25, 0.3) is 11.8 Å². The van der Waals surface area contributed by atoms with Crippen molar-refractivity contribution in [3.05, 3.63) is 82.2 Å². The van der Waals surface area contributed by atoms with Crippen LogP contribution >= 0.6 is 22.9 Å². The number of halogens is 4. The predicted molar refractivity (Wildman–Crippen MR) is 168 cm³/mol.